The maximum atomic E-state index is 6.74. The van der Waals surface area contributed by atoms with Gasteiger partial charge in [-0.2, -0.15) is 0 Å². The monoisotopic (exact) mass is 718 g/mol. The molecule has 0 amide bonds. The van der Waals surface area contributed by atoms with Crippen LogP contribution in [0, 0.1) is 0 Å². The lowest BCUT2D eigenvalue weighted by Crippen LogP contribution is -2.26. The molecule has 7 aromatic carbocycles. The van der Waals surface area contributed by atoms with E-state index in [9.17, 15) is 0 Å². The quantitative estimate of drug-likeness (QED) is 0.172. The summed E-state index contributed by atoms with van der Waals surface area (Å²) in [6, 6.07) is 61.4. The first kappa shape index (κ1) is 32.1. The molecular weight excluding hydrogens is 685 g/mol. The highest BCUT2D eigenvalue weighted by molar-refractivity contribution is 6.18. The third-order valence-electron chi connectivity index (χ3n) is 11.0. The fourth-order valence-electron chi connectivity index (χ4n) is 8.26. The zero-order valence-electron chi connectivity index (χ0n) is 30.4. The Labute approximate surface area is 323 Å². The third-order valence-corrected chi connectivity index (χ3v) is 11.0. The summed E-state index contributed by atoms with van der Waals surface area (Å²) in [4.78, 5) is 15.3. The topological polar surface area (TPSA) is 56.7 Å². The van der Waals surface area contributed by atoms with E-state index in [4.69, 9.17) is 19.4 Å². The Morgan fingerprint density at radius 3 is 1.86 bits per heavy atom. The molecule has 0 radical (unpaired) electrons. The Morgan fingerprint density at radius 2 is 1.11 bits per heavy atom. The summed E-state index contributed by atoms with van der Waals surface area (Å²) in [6.45, 7) is 0. The first-order chi connectivity index (χ1) is 27.7. The molecule has 5 nitrogen and oxygen atoms in total. The number of nitrogens with zero attached hydrogens (tertiary/aromatic N) is 4. The maximum Gasteiger partial charge on any atom is 0.163 e. The van der Waals surface area contributed by atoms with E-state index in [1.54, 1.807) is 0 Å². The van der Waals surface area contributed by atoms with Crippen LogP contribution in [0.3, 0.4) is 0 Å². The third kappa shape index (κ3) is 5.44. The van der Waals surface area contributed by atoms with E-state index in [-0.39, 0.29) is 5.92 Å². The van der Waals surface area contributed by atoms with Crippen molar-refractivity contribution >= 4 is 44.9 Å². The van der Waals surface area contributed by atoms with E-state index in [0.717, 1.165) is 72.8 Å². The first-order valence-electron chi connectivity index (χ1n) is 19.0. The molecule has 0 saturated heterocycles. The Hall–Kier alpha value is -7.37. The van der Waals surface area contributed by atoms with Crippen LogP contribution < -0.4 is 10.6 Å². The molecule has 1 atom stereocenters. The van der Waals surface area contributed by atoms with Gasteiger partial charge in [-0.25, -0.2) is 15.0 Å². The molecule has 0 spiro atoms. The van der Waals surface area contributed by atoms with E-state index in [0.29, 0.717) is 11.6 Å². The fourth-order valence-corrected chi connectivity index (χ4v) is 8.26. The molecular formula is C51H34N4O. The molecule has 1 unspecified atom stereocenters. The highest BCUT2D eigenvalue weighted by Crippen LogP contribution is 2.37. The van der Waals surface area contributed by atoms with Crippen LogP contribution in [0.25, 0.3) is 95.6 Å². The van der Waals surface area contributed by atoms with Gasteiger partial charge < -0.3 is 8.98 Å². The van der Waals surface area contributed by atoms with Gasteiger partial charge in [0.15, 0.2) is 11.6 Å². The molecule has 0 saturated carbocycles. The Morgan fingerprint density at radius 1 is 0.500 bits per heavy atom. The van der Waals surface area contributed by atoms with Crippen LogP contribution in [-0.2, 0) is 0 Å². The summed E-state index contributed by atoms with van der Waals surface area (Å²) in [5, 5.41) is 4.65. The number of para-hydroxylation sites is 1. The molecule has 1 aliphatic rings. The van der Waals surface area contributed by atoms with Gasteiger partial charge >= 0.3 is 0 Å². The number of hydrogen-bond acceptors (Lipinski definition) is 4. The second-order valence-corrected chi connectivity index (χ2v) is 14.3. The standard InChI is InChI=1S/C51H34N4O/c1-4-13-33(14-5-1)35-23-26-40(27-24-35)55-44-22-11-10-21-41(44)42-29-30-45-47(48(42)55)43-28-25-39(32-46(43)56-45)51-53-49(36-17-8-3-9-18-36)52-50(54-51)38-20-12-19-37(31-38)34-15-6-2-7-16-34/h1-24,26-32,39H,25H2. The molecule has 264 valence electrons. The molecule has 3 heterocycles. The lowest BCUT2D eigenvalue weighted by atomic mass is 9.97. The predicted molar refractivity (Wildman–Crippen MR) is 228 cm³/mol. The van der Waals surface area contributed by atoms with Crippen molar-refractivity contribution in [2.75, 3.05) is 0 Å². The minimum atomic E-state index is -0.100. The number of aromatic nitrogens is 4. The van der Waals surface area contributed by atoms with Crippen LogP contribution in [0.15, 0.2) is 180 Å². The summed E-state index contributed by atoms with van der Waals surface area (Å²) in [5.41, 5.74) is 11.7. The number of fused-ring (bicyclic) bond motifs is 7. The molecule has 56 heavy (non-hydrogen) atoms. The van der Waals surface area contributed by atoms with Gasteiger partial charge in [0, 0.05) is 38.7 Å². The number of benzene rings is 7. The van der Waals surface area contributed by atoms with E-state index in [1.807, 2.05) is 24.3 Å². The lowest BCUT2D eigenvalue weighted by Gasteiger charge is -2.14. The maximum absolute atomic E-state index is 6.74. The molecule has 3 aromatic heterocycles. The number of furan rings is 1. The second kappa shape index (κ2) is 13.2. The van der Waals surface area contributed by atoms with Gasteiger partial charge in [-0.05, 0) is 71.1 Å². The summed E-state index contributed by atoms with van der Waals surface area (Å²) in [6.07, 6.45) is 5.25. The first-order valence-corrected chi connectivity index (χ1v) is 19.0. The molecule has 0 aliphatic heterocycles. The average molecular weight is 719 g/mol. The summed E-state index contributed by atoms with van der Waals surface area (Å²) >= 11 is 0. The van der Waals surface area contributed by atoms with Gasteiger partial charge in [0.05, 0.1) is 16.4 Å². The summed E-state index contributed by atoms with van der Waals surface area (Å²) in [5.74, 6) is 1.93. The second-order valence-electron chi connectivity index (χ2n) is 14.3. The van der Waals surface area contributed by atoms with E-state index < -0.39 is 0 Å². The van der Waals surface area contributed by atoms with Gasteiger partial charge in [-0.1, -0.05) is 146 Å². The van der Waals surface area contributed by atoms with Crippen molar-refractivity contribution in [2.24, 2.45) is 0 Å². The van der Waals surface area contributed by atoms with E-state index in [1.165, 1.54) is 21.9 Å². The molecule has 10 aromatic rings. The van der Waals surface area contributed by atoms with Gasteiger partial charge in [-0.15, -0.1) is 0 Å². The Kier molecular flexibility index (Phi) is 7.56. The minimum absolute atomic E-state index is 0.100. The van der Waals surface area contributed by atoms with Crippen LogP contribution in [0.1, 0.15) is 18.2 Å². The zero-order valence-corrected chi connectivity index (χ0v) is 30.4. The molecule has 0 bridgehead atoms. The molecule has 11 rings (SSSR count). The Balaban J connectivity index is 1.06. The van der Waals surface area contributed by atoms with Crippen molar-refractivity contribution in [2.45, 2.75) is 12.3 Å². The van der Waals surface area contributed by atoms with Crippen LogP contribution in [0.4, 0.5) is 0 Å². The van der Waals surface area contributed by atoms with Gasteiger partial charge in [0.25, 0.3) is 0 Å². The Bertz CT molecular complexity index is 3200. The van der Waals surface area contributed by atoms with Crippen molar-refractivity contribution in [3.05, 3.63) is 192 Å². The molecule has 5 heteroatoms. The highest BCUT2D eigenvalue weighted by Gasteiger charge is 2.23. The predicted octanol–water partition coefficient (Wildman–Crippen LogP) is 11.1. The number of rotatable bonds is 6. The van der Waals surface area contributed by atoms with Crippen molar-refractivity contribution in [1.29, 1.82) is 0 Å². The number of hydrogen-bond donors (Lipinski definition) is 0. The average Bonchev–Trinajstić information content (AvgIpc) is 3.82. The summed E-state index contributed by atoms with van der Waals surface area (Å²) in [7, 11) is 0. The molecule has 0 N–H and O–H groups in total. The van der Waals surface area contributed by atoms with Gasteiger partial charge in [-0.3, -0.25) is 0 Å². The zero-order chi connectivity index (χ0) is 37.0. The van der Waals surface area contributed by atoms with Gasteiger partial charge in [0.1, 0.15) is 16.8 Å². The molecule has 1 aliphatic carbocycles. The SMILES string of the molecule is C1=c2oc3ccc4c5ccccc5n(-c5ccc(-c6ccccc6)cc5)c4c3c2=CCC1c1nc(-c2ccccc2)nc(-c2cccc(-c3ccccc3)c2)n1. The van der Waals surface area contributed by atoms with Crippen molar-refractivity contribution in [1.82, 2.24) is 19.5 Å². The van der Waals surface area contributed by atoms with Crippen LogP contribution >= 0.6 is 0 Å². The normalized spacial score (nSPS) is 13.8. The van der Waals surface area contributed by atoms with Crippen LogP contribution in [0.2, 0.25) is 0 Å². The smallest absolute Gasteiger partial charge is 0.163 e. The van der Waals surface area contributed by atoms with Crippen LogP contribution in [-0.4, -0.2) is 19.5 Å². The van der Waals surface area contributed by atoms with E-state index >= 15 is 0 Å². The van der Waals surface area contributed by atoms with Crippen LogP contribution in [0.5, 0.6) is 0 Å². The highest BCUT2D eigenvalue weighted by atomic mass is 16.3. The lowest BCUT2D eigenvalue weighted by molar-refractivity contribution is 0.568. The van der Waals surface area contributed by atoms with E-state index in [2.05, 4.69) is 168 Å². The molecule has 0 fully saturated rings. The summed E-state index contributed by atoms with van der Waals surface area (Å²) < 4.78 is 9.13. The fraction of sp³-hybridized carbons (Fsp3) is 0.0392. The van der Waals surface area contributed by atoms with Crippen molar-refractivity contribution in [3.63, 3.8) is 0 Å². The largest absolute Gasteiger partial charge is 0.456 e. The van der Waals surface area contributed by atoms with Crippen molar-refractivity contribution in [3.8, 4) is 50.7 Å². The van der Waals surface area contributed by atoms with Crippen molar-refractivity contribution < 1.29 is 4.42 Å². The minimum Gasteiger partial charge on any atom is -0.456 e. The van der Waals surface area contributed by atoms with Gasteiger partial charge in [0.2, 0.25) is 0 Å².